The van der Waals surface area contributed by atoms with E-state index >= 15 is 0 Å². The summed E-state index contributed by atoms with van der Waals surface area (Å²) in [5.41, 5.74) is 2.11. The Bertz CT molecular complexity index is 380. The van der Waals surface area contributed by atoms with Crippen LogP contribution in [0.1, 0.15) is 39.5 Å². The maximum Gasteiger partial charge on any atom is 0.331 e. The minimum atomic E-state index is -0.792. The highest BCUT2D eigenvalue weighted by atomic mass is 16.4. The average Bonchev–Trinajstić information content (AvgIpc) is 2.86. The highest BCUT2D eigenvalue weighted by molar-refractivity contribution is 5.79. The topological polar surface area (TPSA) is 72.9 Å². The summed E-state index contributed by atoms with van der Waals surface area (Å²) in [6.07, 6.45) is 3.95. The van der Waals surface area contributed by atoms with Crippen LogP contribution in [0.3, 0.4) is 0 Å². The van der Waals surface area contributed by atoms with Gasteiger partial charge >= 0.3 is 12.0 Å². The molecule has 2 saturated heterocycles. The summed E-state index contributed by atoms with van der Waals surface area (Å²) in [5.74, 6) is -0.770. The zero-order chi connectivity index (χ0) is 14.8. The van der Waals surface area contributed by atoms with Crippen LogP contribution in [0, 0.1) is 11.3 Å². The van der Waals surface area contributed by atoms with Crippen molar-refractivity contribution < 1.29 is 14.7 Å². The minimum absolute atomic E-state index is 0.0211. The lowest BCUT2D eigenvalue weighted by atomic mass is 9.76. The number of likely N-dealkylation sites (tertiary alicyclic amines) is 1. The molecule has 1 atom stereocenters. The molecule has 0 aromatic rings. The quantitative estimate of drug-likeness (QED) is 0.824. The van der Waals surface area contributed by atoms with Crippen molar-refractivity contribution >= 4 is 12.0 Å². The van der Waals surface area contributed by atoms with Crippen LogP contribution in [-0.4, -0.2) is 53.2 Å². The number of carboxylic acid groups (broad SMARTS) is 1. The number of aliphatic carboxylic acids is 1. The van der Waals surface area contributed by atoms with Crippen molar-refractivity contribution in [2.24, 2.45) is 11.3 Å². The standard InChI is InChI=1S/C14H25N3O3/c1-11(2)14(12(18)19)6-9-16(10-14)13(20)15-17-7-4-3-5-8-17/h11H,3-10H2,1-2H3,(H,15,20)(H,18,19). The zero-order valence-electron chi connectivity index (χ0n) is 12.4. The van der Waals surface area contributed by atoms with E-state index in [9.17, 15) is 14.7 Å². The number of hydrazine groups is 1. The van der Waals surface area contributed by atoms with Crippen LogP contribution in [-0.2, 0) is 4.79 Å². The second kappa shape index (κ2) is 5.99. The van der Waals surface area contributed by atoms with Gasteiger partial charge in [-0.3, -0.25) is 10.2 Å². The number of hydrogen-bond acceptors (Lipinski definition) is 3. The fourth-order valence-corrected chi connectivity index (χ4v) is 3.11. The van der Waals surface area contributed by atoms with Gasteiger partial charge in [-0.25, -0.2) is 9.80 Å². The second-order valence-electron chi connectivity index (χ2n) is 6.25. The predicted octanol–water partition coefficient (Wildman–Crippen LogP) is 1.53. The number of piperidine rings is 1. The van der Waals surface area contributed by atoms with Gasteiger partial charge in [-0.05, 0) is 25.2 Å². The molecule has 0 aliphatic carbocycles. The Labute approximate surface area is 120 Å². The lowest BCUT2D eigenvalue weighted by Gasteiger charge is -2.31. The number of urea groups is 1. The Kier molecular flexibility index (Phi) is 4.52. The minimum Gasteiger partial charge on any atom is -0.481 e. The molecule has 0 spiro atoms. The highest BCUT2D eigenvalue weighted by Gasteiger charge is 2.48. The first kappa shape index (κ1) is 15.1. The molecule has 0 radical (unpaired) electrons. The molecule has 0 saturated carbocycles. The summed E-state index contributed by atoms with van der Waals surface area (Å²) < 4.78 is 0. The van der Waals surface area contributed by atoms with E-state index in [1.165, 1.54) is 6.42 Å². The molecule has 2 heterocycles. The Morgan fingerprint density at radius 3 is 2.30 bits per heavy atom. The molecule has 2 amide bonds. The lowest BCUT2D eigenvalue weighted by Crippen LogP contribution is -2.51. The van der Waals surface area contributed by atoms with Gasteiger partial charge in [0, 0.05) is 26.2 Å². The molecule has 0 bridgehead atoms. The molecule has 0 aromatic heterocycles. The summed E-state index contributed by atoms with van der Waals surface area (Å²) in [4.78, 5) is 25.4. The SMILES string of the molecule is CC(C)C1(C(=O)O)CCN(C(=O)NN2CCCCC2)C1. The van der Waals surface area contributed by atoms with Gasteiger partial charge in [-0.1, -0.05) is 20.3 Å². The number of carboxylic acids is 1. The molecule has 2 aliphatic rings. The molecule has 2 rings (SSSR count). The summed E-state index contributed by atoms with van der Waals surface area (Å²) in [6.45, 7) is 6.42. The van der Waals surface area contributed by atoms with Crippen LogP contribution in [0.5, 0.6) is 0 Å². The second-order valence-corrected chi connectivity index (χ2v) is 6.25. The van der Waals surface area contributed by atoms with Crippen molar-refractivity contribution in [2.45, 2.75) is 39.5 Å². The van der Waals surface area contributed by atoms with Crippen LogP contribution < -0.4 is 5.43 Å². The van der Waals surface area contributed by atoms with Crippen LogP contribution in [0.4, 0.5) is 4.79 Å². The Balaban J connectivity index is 1.94. The summed E-state index contributed by atoms with van der Waals surface area (Å²) >= 11 is 0. The normalized spacial score (nSPS) is 27.9. The van der Waals surface area contributed by atoms with E-state index in [2.05, 4.69) is 5.43 Å². The van der Waals surface area contributed by atoms with Gasteiger partial charge in [0.25, 0.3) is 0 Å². The molecule has 6 heteroatoms. The summed E-state index contributed by atoms with van der Waals surface area (Å²) in [7, 11) is 0. The van der Waals surface area contributed by atoms with Gasteiger partial charge in [0.05, 0.1) is 5.41 Å². The van der Waals surface area contributed by atoms with E-state index in [0.29, 0.717) is 19.5 Å². The van der Waals surface area contributed by atoms with Crippen molar-refractivity contribution in [3.8, 4) is 0 Å². The molecular weight excluding hydrogens is 258 g/mol. The first-order valence-corrected chi connectivity index (χ1v) is 7.49. The Hall–Kier alpha value is -1.30. The molecule has 0 aromatic carbocycles. The fraction of sp³-hybridized carbons (Fsp3) is 0.857. The maximum atomic E-state index is 12.2. The molecule has 114 valence electrons. The van der Waals surface area contributed by atoms with Crippen molar-refractivity contribution in [2.75, 3.05) is 26.2 Å². The number of carbonyl (C=O) groups is 2. The van der Waals surface area contributed by atoms with E-state index in [4.69, 9.17) is 0 Å². The van der Waals surface area contributed by atoms with Crippen LogP contribution in [0.25, 0.3) is 0 Å². The first-order valence-electron chi connectivity index (χ1n) is 7.49. The summed E-state index contributed by atoms with van der Waals surface area (Å²) in [6, 6.07) is -0.157. The van der Waals surface area contributed by atoms with Gasteiger partial charge in [-0.2, -0.15) is 0 Å². The van der Waals surface area contributed by atoms with E-state index in [0.717, 1.165) is 25.9 Å². The van der Waals surface area contributed by atoms with Gasteiger partial charge in [0.2, 0.25) is 0 Å². The number of nitrogens with zero attached hydrogens (tertiary/aromatic N) is 2. The lowest BCUT2D eigenvalue weighted by molar-refractivity contribution is -0.150. The number of carbonyl (C=O) groups excluding carboxylic acids is 1. The zero-order valence-corrected chi connectivity index (χ0v) is 12.4. The van der Waals surface area contributed by atoms with Crippen molar-refractivity contribution in [1.29, 1.82) is 0 Å². The van der Waals surface area contributed by atoms with Crippen molar-refractivity contribution in [3.63, 3.8) is 0 Å². The van der Waals surface area contributed by atoms with Gasteiger partial charge in [0.1, 0.15) is 0 Å². The predicted molar refractivity (Wildman–Crippen MR) is 75.1 cm³/mol. The summed E-state index contributed by atoms with van der Waals surface area (Å²) in [5, 5.41) is 11.4. The van der Waals surface area contributed by atoms with Crippen LogP contribution in [0.15, 0.2) is 0 Å². The average molecular weight is 283 g/mol. The maximum absolute atomic E-state index is 12.2. The molecule has 2 aliphatic heterocycles. The van der Waals surface area contributed by atoms with E-state index in [-0.39, 0.29) is 11.9 Å². The van der Waals surface area contributed by atoms with Gasteiger partial charge in [0.15, 0.2) is 0 Å². The fourth-order valence-electron chi connectivity index (χ4n) is 3.11. The first-order chi connectivity index (χ1) is 9.45. The third-order valence-electron chi connectivity index (χ3n) is 4.73. The molecule has 1 unspecified atom stereocenters. The number of rotatable bonds is 3. The van der Waals surface area contributed by atoms with E-state index in [1.807, 2.05) is 18.9 Å². The van der Waals surface area contributed by atoms with Gasteiger partial charge < -0.3 is 10.0 Å². The van der Waals surface area contributed by atoms with Crippen molar-refractivity contribution in [3.05, 3.63) is 0 Å². The third-order valence-corrected chi connectivity index (χ3v) is 4.73. The Morgan fingerprint density at radius 2 is 1.80 bits per heavy atom. The van der Waals surface area contributed by atoms with E-state index < -0.39 is 11.4 Å². The number of hydrogen-bond donors (Lipinski definition) is 2. The number of nitrogens with one attached hydrogen (secondary N) is 1. The Morgan fingerprint density at radius 1 is 1.15 bits per heavy atom. The van der Waals surface area contributed by atoms with E-state index in [1.54, 1.807) is 4.90 Å². The molecule has 2 N–H and O–H groups in total. The van der Waals surface area contributed by atoms with Crippen molar-refractivity contribution in [1.82, 2.24) is 15.3 Å². The molecule has 2 fully saturated rings. The molecule has 6 nitrogen and oxygen atoms in total. The third kappa shape index (κ3) is 2.90. The smallest absolute Gasteiger partial charge is 0.331 e. The number of amides is 2. The monoisotopic (exact) mass is 283 g/mol. The van der Waals surface area contributed by atoms with Gasteiger partial charge in [-0.15, -0.1) is 0 Å². The highest BCUT2D eigenvalue weighted by Crippen LogP contribution is 2.38. The molecule has 20 heavy (non-hydrogen) atoms. The largest absolute Gasteiger partial charge is 0.481 e. The van der Waals surface area contributed by atoms with Crippen LogP contribution in [0.2, 0.25) is 0 Å². The van der Waals surface area contributed by atoms with Crippen LogP contribution >= 0.6 is 0 Å². The molecular formula is C14H25N3O3.